The zero-order chi connectivity index (χ0) is 22.9. The van der Waals surface area contributed by atoms with Crippen molar-refractivity contribution >= 4 is 23.1 Å². The number of amides is 1. The van der Waals surface area contributed by atoms with E-state index in [0.29, 0.717) is 24.6 Å². The topological polar surface area (TPSA) is 69.3 Å². The average molecular weight is 440 g/mol. The summed E-state index contributed by atoms with van der Waals surface area (Å²) in [7, 11) is 0. The van der Waals surface area contributed by atoms with Crippen LogP contribution in [0.25, 0.3) is 0 Å². The van der Waals surface area contributed by atoms with E-state index >= 15 is 0 Å². The molecule has 3 N–H and O–H groups in total. The molecule has 1 amide bonds. The first-order valence-electron chi connectivity index (χ1n) is 11.4. The van der Waals surface area contributed by atoms with Crippen LogP contribution in [0.2, 0.25) is 0 Å². The predicted molar refractivity (Wildman–Crippen MR) is 130 cm³/mol. The molecule has 172 valence electrons. The van der Waals surface area contributed by atoms with Crippen LogP contribution < -0.4 is 20.9 Å². The van der Waals surface area contributed by atoms with Gasteiger partial charge >= 0.3 is 0 Å². The number of aromatic nitrogens is 1. The summed E-state index contributed by atoms with van der Waals surface area (Å²) >= 11 is 0. The number of anilines is 3. The molecule has 0 bridgehead atoms. The number of carbonyl (C=O) groups is 1. The van der Waals surface area contributed by atoms with Gasteiger partial charge in [-0.05, 0) is 49.9 Å². The first-order valence-corrected chi connectivity index (χ1v) is 11.4. The third-order valence-corrected chi connectivity index (χ3v) is 5.76. The Morgan fingerprint density at radius 2 is 2.09 bits per heavy atom. The lowest BCUT2D eigenvalue weighted by Crippen LogP contribution is -2.28. The second kappa shape index (κ2) is 11.5. The molecule has 7 heteroatoms. The fourth-order valence-electron chi connectivity index (χ4n) is 3.85. The SMILES string of the molecule is C=CCCNC(=O)C(C)c1ccc(NC2CCN(c3ccnc(NCCC)c3F)C2)cc1. The highest BCUT2D eigenvalue weighted by atomic mass is 19.1. The van der Waals surface area contributed by atoms with Crippen LogP contribution in [0.5, 0.6) is 0 Å². The molecule has 2 heterocycles. The highest BCUT2D eigenvalue weighted by Gasteiger charge is 2.26. The van der Waals surface area contributed by atoms with Gasteiger partial charge in [-0.15, -0.1) is 6.58 Å². The van der Waals surface area contributed by atoms with Crippen LogP contribution in [-0.2, 0) is 4.79 Å². The second-order valence-corrected chi connectivity index (χ2v) is 8.21. The summed E-state index contributed by atoms with van der Waals surface area (Å²) in [5.74, 6) is -0.155. The molecule has 32 heavy (non-hydrogen) atoms. The number of hydrogen-bond donors (Lipinski definition) is 3. The normalized spacial score (nSPS) is 16.5. The van der Waals surface area contributed by atoms with Crippen LogP contribution in [0.1, 0.15) is 44.6 Å². The molecule has 1 fully saturated rings. The lowest BCUT2D eigenvalue weighted by Gasteiger charge is -2.21. The van der Waals surface area contributed by atoms with Gasteiger partial charge in [0.15, 0.2) is 11.6 Å². The number of rotatable bonds is 11. The molecule has 1 aromatic heterocycles. The standard InChI is InChI=1S/C25H34FN5O/c1-4-6-14-29-25(32)18(3)19-7-9-20(10-8-19)30-21-12-16-31(17-21)22-11-15-28-24(23(22)26)27-13-5-2/h4,7-11,15,18,21,30H,1,5-6,12-14,16-17H2,2-3H3,(H,27,28)(H,29,32). The van der Waals surface area contributed by atoms with Gasteiger partial charge < -0.3 is 20.9 Å². The minimum atomic E-state index is -0.286. The van der Waals surface area contributed by atoms with Crippen molar-refractivity contribution in [1.82, 2.24) is 10.3 Å². The molecule has 2 atom stereocenters. The number of pyridine rings is 1. The fraction of sp³-hybridized carbons (Fsp3) is 0.440. The number of nitrogens with zero attached hydrogens (tertiary/aromatic N) is 2. The van der Waals surface area contributed by atoms with Crippen molar-refractivity contribution in [2.24, 2.45) is 0 Å². The first kappa shape index (κ1) is 23.6. The Bertz CT molecular complexity index is 902. The van der Waals surface area contributed by atoms with E-state index in [1.54, 1.807) is 18.3 Å². The monoisotopic (exact) mass is 439 g/mol. The predicted octanol–water partition coefficient (Wildman–Crippen LogP) is 4.53. The van der Waals surface area contributed by atoms with Gasteiger partial charge in [0.2, 0.25) is 5.91 Å². The molecule has 0 saturated carbocycles. The minimum absolute atomic E-state index is 0.0196. The van der Waals surface area contributed by atoms with E-state index in [9.17, 15) is 9.18 Å². The summed E-state index contributed by atoms with van der Waals surface area (Å²) in [6.07, 6.45) is 6.05. The molecular formula is C25H34FN5O. The largest absolute Gasteiger partial charge is 0.380 e. The van der Waals surface area contributed by atoms with Crippen molar-refractivity contribution in [2.45, 2.75) is 45.1 Å². The van der Waals surface area contributed by atoms with E-state index in [1.807, 2.05) is 38.1 Å². The third-order valence-electron chi connectivity index (χ3n) is 5.76. The van der Waals surface area contributed by atoms with E-state index < -0.39 is 0 Å². The van der Waals surface area contributed by atoms with Gasteiger partial charge in [-0.1, -0.05) is 25.1 Å². The fourth-order valence-corrected chi connectivity index (χ4v) is 3.85. The van der Waals surface area contributed by atoms with Gasteiger partial charge in [0.05, 0.1) is 11.6 Å². The van der Waals surface area contributed by atoms with Crippen molar-refractivity contribution in [1.29, 1.82) is 0 Å². The second-order valence-electron chi connectivity index (χ2n) is 8.21. The van der Waals surface area contributed by atoms with E-state index in [4.69, 9.17) is 0 Å². The zero-order valence-electron chi connectivity index (χ0n) is 19.0. The zero-order valence-corrected chi connectivity index (χ0v) is 19.0. The van der Waals surface area contributed by atoms with Gasteiger partial charge in [-0.2, -0.15) is 0 Å². The molecule has 1 aromatic carbocycles. The Labute approximate surface area is 190 Å². The van der Waals surface area contributed by atoms with Crippen molar-refractivity contribution in [2.75, 3.05) is 41.7 Å². The third kappa shape index (κ3) is 5.99. The number of halogens is 1. The van der Waals surface area contributed by atoms with Gasteiger partial charge in [0.25, 0.3) is 0 Å². The average Bonchev–Trinajstić information content (AvgIpc) is 3.26. The smallest absolute Gasteiger partial charge is 0.227 e. The summed E-state index contributed by atoms with van der Waals surface area (Å²) in [4.78, 5) is 18.5. The minimum Gasteiger partial charge on any atom is -0.380 e. The van der Waals surface area contributed by atoms with Crippen LogP contribution in [0, 0.1) is 5.82 Å². The molecule has 0 aliphatic carbocycles. The van der Waals surface area contributed by atoms with Crippen LogP contribution in [0.4, 0.5) is 21.6 Å². The van der Waals surface area contributed by atoms with Gasteiger partial charge in [0, 0.05) is 44.1 Å². The molecular weight excluding hydrogens is 405 g/mol. The molecule has 0 radical (unpaired) electrons. The molecule has 1 aliphatic heterocycles. The summed E-state index contributed by atoms with van der Waals surface area (Å²) in [6.45, 7) is 10.4. The maximum absolute atomic E-state index is 14.9. The molecule has 2 aromatic rings. The summed E-state index contributed by atoms with van der Waals surface area (Å²) < 4.78 is 14.9. The van der Waals surface area contributed by atoms with Gasteiger partial charge in [0.1, 0.15) is 0 Å². The van der Waals surface area contributed by atoms with E-state index in [0.717, 1.165) is 43.6 Å². The number of hydrogen-bond acceptors (Lipinski definition) is 5. The first-order chi connectivity index (χ1) is 15.5. The Morgan fingerprint density at radius 1 is 1.31 bits per heavy atom. The summed E-state index contributed by atoms with van der Waals surface area (Å²) in [5.41, 5.74) is 2.57. The Morgan fingerprint density at radius 3 is 2.81 bits per heavy atom. The number of nitrogens with one attached hydrogen (secondary N) is 3. The Balaban J connectivity index is 1.56. The molecule has 3 rings (SSSR count). The maximum atomic E-state index is 14.9. The number of benzene rings is 1. The lowest BCUT2D eigenvalue weighted by molar-refractivity contribution is -0.122. The van der Waals surface area contributed by atoms with Crippen LogP contribution >= 0.6 is 0 Å². The Kier molecular flexibility index (Phi) is 8.48. The molecule has 1 saturated heterocycles. The van der Waals surface area contributed by atoms with Crippen molar-refractivity contribution < 1.29 is 9.18 Å². The summed E-state index contributed by atoms with van der Waals surface area (Å²) in [5, 5.41) is 9.52. The highest BCUT2D eigenvalue weighted by molar-refractivity contribution is 5.83. The van der Waals surface area contributed by atoms with Crippen LogP contribution in [-0.4, -0.2) is 43.1 Å². The molecule has 0 spiro atoms. The van der Waals surface area contributed by atoms with Crippen LogP contribution in [0.3, 0.4) is 0 Å². The summed E-state index contributed by atoms with van der Waals surface area (Å²) in [6, 6.07) is 9.95. The van der Waals surface area contributed by atoms with Gasteiger partial charge in [-0.3, -0.25) is 4.79 Å². The molecule has 2 unspecified atom stereocenters. The Hall–Kier alpha value is -3.09. The lowest BCUT2D eigenvalue weighted by atomic mass is 10.00. The van der Waals surface area contributed by atoms with Crippen molar-refractivity contribution in [3.05, 3.63) is 60.6 Å². The quantitative estimate of drug-likeness (QED) is 0.355. The number of carbonyl (C=O) groups excluding carboxylic acids is 1. The maximum Gasteiger partial charge on any atom is 0.227 e. The van der Waals surface area contributed by atoms with E-state index in [-0.39, 0.29) is 23.7 Å². The highest BCUT2D eigenvalue weighted by Crippen LogP contribution is 2.28. The van der Waals surface area contributed by atoms with Crippen molar-refractivity contribution in [3.8, 4) is 0 Å². The molecule has 1 aliphatic rings. The van der Waals surface area contributed by atoms with Gasteiger partial charge in [-0.25, -0.2) is 9.37 Å². The van der Waals surface area contributed by atoms with Crippen LogP contribution in [0.15, 0.2) is 49.2 Å². The molecule has 6 nitrogen and oxygen atoms in total. The van der Waals surface area contributed by atoms with E-state index in [2.05, 4.69) is 32.4 Å². The van der Waals surface area contributed by atoms with E-state index in [1.165, 1.54) is 0 Å². The van der Waals surface area contributed by atoms with Crippen molar-refractivity contribution in [3.63, 3.8) is 0 Å².